The lowest BCUT2D eigenvalue weighted by atomic mass is 10.2. The second kappa shape index (κ2) is 6.04. The first-order valence-electron chi connectivity index (χ1n) is 5.07. The van der Waals surface area contributed by atoms with Crippen LogP contribution in [0.2, 0.25) is 5.02 Å². The first-order chi connectivity index (χ1) is 8.54. The van der Waals surface area contributed by atoms with Crippen molar-refractivity contribution in [2.45, 2.75) is 6.61 Å². The minimum absolute atomic E-state index is 0.262. The fraction of sp³-hybridized carbons (Fsp3) is 0.0769. The molecule has 0 fully saturated rings. The van der Waals surface area contributed by atoms with Crippen molar-refractivity contribution in [3.63, 3.8) is 0 Å². The maximum absolute atomic E-state index is 13.2. The number of benzene rings is 2. The second-order valence-corrected chi connectivity index (χ2v) is 5.88. The van der Waals surface area contributed by atoms with Crippen LogP contribution in [0, 0.1) is 5.82 Å². The number of hydrogen-bond acceptors (Lipinski definition) is 1. The second-order valence-electron chi connectivity index (χ2n) is 3.64. The molecule has 0 amide bonds. The molecule has 0 unspecified atom stereocenters. The molecule has 2 aromatic carbocycles. The summed E-state index contributed by atoms with van der Waals surface area (Å²) >= 11 is 12.6. The van der Waals surface area contributed by atoms with Gasteiger partial charge in [0.2, 0.25) is 0 Å². The Morgan fingerprint density at radius 3 is 2.50 bits per heavy atom. The van der Waals surface area contributed by atoms with Crippen molar-refractivity contribution in [3.05, 3.63) is 61.7 Å². The van der Waals surface area contributed by atoms with E-state index in [1.54, 1.807) is 18.2 Å². The first kappa shape index (κ1) is 13.8. The molecule has 1 nitrogen and oxygen atoms in total. The molecule has 18 heavy (non-hydrogen) atoms. The van der Waals surface area contributed by atoms with Gasteiger partial charge in [-0.25, -0.2) is 4.39 Å². The summed E-state index contributed by atoms with van der Waals surface area (Å²) in [7, 11) is 0. The zero-order chi connectivity index (χ0) is 13.1. The van der Waals surface area contributed by atoms with Crippen LogP contribution in [0.4, 0.5) is 4.39 Å². The predicted octanol–water partition coefficient (Wildman–Crippen LogP) is 5.58. The van der Waals surface area contributed by atoms with Crippen LogP contribution in [0.5, 0.6) is 5.75 Å². The maximum Gasteiger partial charge on any atom is 0.138 e. The van der Waals surface area contributed by atoms with Crippen molar-refractivity contribution >= 4 is 43.5 Å². The van der Waals surface area contributed by atoms with E-state index >= 15 is 0 Å². The summed E-state index contributed by atoms with van der Waals surface area (Å²) in [6.45, 7) is 0.262. The van der Waals surface area contributed by atoms with Crippen molar-refractivity contribution in [3.8, 4) is 5.75 Å². The van der Waals surface area contributed by atoms with Crippen molar-refractivity contribution in [2.75, 3.05) is 0 Å². The molecule has 0 radical (unpaired) electrons. The fourth-order valence-corrected chi connectivity index (χ4v) is 2.69. The molecule has 0 heterocycles. The highest BCUT2D eigenvalue weighted by atomic mass is 79.9. The molecule has 94 valence electrons. The molecule has 0 saturated carbocycles. The molecule has 2 aromatic rings. The third kappa shape index (κ3) is 3.70. The summed E-state index contributed by atoms with van der Waals surface area (Å²) in [5.74, 6) is 0.269. The normalized spacial score (nSPS) is 10.4. The van der Waals surface area contributed by atoms with E-state index in [4.69, 9.17) is 16.3 Å². The van der Waals surface area contributed by atoms with Crippen LogP contribution in [0.3, 0.4) is 0 Å². The highest BCUT2D eigenvalue weighted by molar-refractivity contribution is 9.10. The molecule has 2 rings (SSSR count). The lowest BCUT2D eigenvalue weighted by Gasteiger charge is -2.08. The van der Waals surface area contributed by atoms with Gasteiger partial charge in [-0.3, -0.25) is 0 Å². The molecule has 5 heteroatoms. The van der Waals surface area contributed by atoms with E-state index < -0.39 is 0 Å². The predicted molar refractivity (Wildman–Crippen MR) is 77.6 cm³/mol. The molecule has 0 atom stereocenters. The Morgan fingerprint density at radius 2 is 1.83 bits per heavy atom. The van der Waals surface area contributed by atoms with Gasteiger partial charge >= 0.3 is 0 Å². The van der Waals surface area contributed by atoms with Gasteiger partial charge in [-0.1, -0.05) is 43.5 Å². The van der Waals surface area contributed by atoms with Gasteiger partial charge in [0.1, 0.15) is 18.2 Å². The average molecular weight is 394 g/mol. The van der Waals surface area contributed by atoms with E-state index in [-0.39, 0.29) is 12.4 Å². The van der Waals surface area contributed by atoms with Crippen LogP contribution in [0.15, 0.2) is 45.3 Å². The molecule has 0 aliphatic carbocycles. The van der Waals surface area contributed by atoms with Crippen molar-refractivity contribution < 1.29 is 9.13 Å². The summed E-state index contributed by atoms with van der Waals surface area (Å²) < 4.78 is 20.3. The van der Waals surface area contributed by atoms with E-state index in [1.807, 2.05) is 6.07 Å². The quantitative estimate of drug-likeness (QED) is 0.660. The summed E-state index contributed by atoms with van der Waals surface area (Å²) in [6, 6.07) is 9.98. The number of ether oxygens (including phenoxy) is 1. The summed E-state index contributed by atoms with van der Waals surface area (Å²) in [5.41, 5.74) is 0.737. The topological polar surface area (TPSA) is 9.23 Å². The fourth-order valence-electron chi connectivity index (χ4n) is 1.45. The minimum atomic E-state index is -0.301. The van der Waals surface area contributed by atoms with Crippen LogP contribution in [0.25, 0.3) is 0 Å². The van der Waals surface area contributed by atoms with Gasteiger partial charge in [0.15, 0.2) is 0 Å². The molecule has 0 aromatic heterocycles. The van der Waals surface area contributed by atoms with E-state index in [9.17, 15) is 4.39 Å². The summed E-state index contributed by atoms with van der Waals surface area (Å²) in [5, 5.41) is 0.514. The third-order valence-electron chi connectivity index (χ3n) is 2.21. The van der Waals surface area contributed by atoms with Gasteiger partial charge in [-0.05, 0) is 42.0 Å². The minimum Gasteiger partial charge on any atom is -0.487 e. The van der Waals surface area contributed by atoms with Crippen LogP contribution >= 0.6 is 43.5 Å². The lowest BCUT2D eigenvalue weighted by Crippen LogP contribution is -1.96. The van der Waals surface area contributed by atoms with Gasteiger partial charge in [0.25, 0.3) is 0 Å². The smallest absolute Gasteiger partial charge is 0.138 e. The molecule has 0 spiro atoms. The van der Waals surface area contributed by atoms with Gasteiger partial charge in [0, 0.05) is 8.95 Å². The zero-order valence-electron chi connectivity index (χ0n) is 9.09. The lowest BCUT2D eigenvalue weighted by molar-refractivity contribution is 0.305. The van der Waals surface area contributed by atoms with E-state index in [0.29, 0.717) is 15.2 Å². The average Bonchev–Trinajstić information content (AvgIpc) is 2.26. The molecule has 0 bridgehead atoms. The van der Waals surface area contributed by atoms with E-state index in [2.05, 4.69) is 31.9 Å². The first-order valence-corrected chi connectivity index (χ1v) is 7.04. The van der Waals surface area contributed by atoms with Crippen LogP contribution in [-0.2, 0) is 6.61 Å². The standard InChI is InChI=1S/C13H8Br2ClFO/c14-9-1-2-13(12(16)6-9)18-7-8-3-10(15)5-11(17)4-8/h1-6H,7H2. The molecule has 0 aliphatic heterocycles. The summed E-state index contributed by atoms with van der Waals surface area (Å²) in [6.07, 6.45) is 0. The van der Waals surface area contributed by atoms with Gasteiger partial charge in [-0.15, -0.1) is 0 Å². The molecule has 0 saturated heterocycles. The number of hydrogen-bond donors (Lipinski definition) is 0. The molecule has 0 N–H and O–H groups in total. The van der Waals surface area contributed by atoms with E-state index in [0.717, 1.165) is 10.0 Å². The number of rotatable bonds is 3. The monoisotopic (exact) mass is 392 g/mol. The number of halogens is 4. The Hall–Kier alpha value is -0.580. The molecular weight excluding hydrogens is 386 g/mol. The van der Waals surface area contributed by atoms with Crippen LogP contribution < -0.4 is 4.74 Å². The Kier molecular flexibility index (Phi) is 4.65. The Morgan fingerprint density at radius 1 is 1.06 bits per heavy atom. The van der Waals surface area contributed by atoms with Crippen molar-refractivity contribution in [2.24, 2.45) is 0 Å². The highest BCUT2D eigenvalue weighted by Crippen LogP contribution is 2.28. The third-order valence-corrected chi connectivity index (χ3v) is 3.46. The van der Waals surface area contributed by atoms with Gasteiger partial charge in [-0.2, -0.15) is 0 Å². The molecular formula is C13H8Br2ClFO. The highest BCUT2D eigenvalue weighted by Gasteiger charge is 2.04. The van der Waals surface area contributed by atoms with Crippen molar-refractivity contribution in [1.82, 2.24) is 0 Å². The summed E-state index contributed by atoms with van der Waals surface area (Å²) in [4.78, 5) is 0. The zero-order valence-corrected chi connectivity index (χ0v) is 13.0. The molecule has 0 aliphatic rings. The van der Waals surface area contributed by atoms with Gasteiger partial charge < -0.3 is 4.74 Å². The van der Waals surface area contributed by atoms with Crippen molar-refractivity contribution in [1.29, 1.82) is 0 Å². The largest absolute Gasteiger partial charge is 0.487 e. The Bertz CT molecular complexity index is 555. The Balaban J connectivity index is 2.11. The maximum atomic E-state index is 13.2. The van der Waals surface area contributed by atoms with Crippen LogP contribution in [0.1, 0.15) is 5.56 Å². The van der Waals surface area contributed by atoms with Crippen LogP contribution in [-0.4, -0.2) is 0 Å². The van der Waals surface area contributed by atoms with E-state index in [1.165, 1.54) is 12.1 Å². The SMILES string of the molecule is Fc1cc(Br)cc(COc2ccc(Br)cc2Cl)c1. The van der Waals surface area contributed by atoms with Gasteiger partial charge in [0.05, 0.1) is 5.02 Å². The Labute approximate surface area is 126 Å².